The molecule has 2 atom stereocenters. The van der Waals surface area contributed by atoms with Gasteiger partial charge in [0.1, 0.15) is 12.1 Å². The molecule has 3 aromatic rings. The van der Waals surface area contributed by atoms with Crippen LogP contribution in [0, 0.1) is 0 Å². The van der Waals surface area contributed by atoms with Crippen LogP contribution in [0.25, 0.3) is 11.1 Å². The van der Waals surface area contributed by atoms with Crippen molar-refractivity contribution < 1.29 is 19.5 Å². The first-order valence-corrected chi connectivity index (χ1v) is 16.8. The highest BCUT2D eigenvalue weighted by Crippen LogP contribution is 2.32. The van der Waals surface area contributed by atoms with Crippen LogP contribution >= 0.6 is 0 Å². The maximum absolute atomic E-state index is 14.5. The second-order valence-corrected chi connectivity index (χ2v) is 13.3. The Morgan fingerprint density at radius 2 is 1.38 bits per heavy atom. The molecule has 1 heterocycles. The summed E-state index contributed by atoms with van der Waals surface area (Å²) in [6, 6.07) is 26.2. The molecule has 0 unspecified atom stereocenters. The normalized spacial score (nSPS) is 17.5. The fourth-order valence-corrected chi connectivity index (χ4v) is 6.49. The van der Waals surface area contributed by atoms with Gasteiger partial charge < -0.3 is 25.5 Å². The van der Waals surface area contributed by atoms with Crippen LogP contribution in [-0.2, 0) is 27.2 Å². The highest BCUT2D eigenvalue weighted by atomic mass is 16.3. The van der Waals surface area contributed by atoms with E-state index >= 15 is 0 Å². The lowest BCUT2D eigenvalue weighted by molar-refractivity contribution is -0.150. The lowest BCUT2D eigenvalue weighted by Crippen LogP contribution is -2.57. The molecule has 2 fully saturated rings. The van der Waals surface area contributed by atoms with Crippen LogP contribution in [0.15, 0.2) is 97.1 Å². The van der Waals surface area contributed by atoms with E-state index in [1.54, 1.807) is 19.0 Å². The minimum absolute atomic E-state index is 0.148. The number of benzene rings is 3. The standard InChI is InChI=1S/C39H48N4O4/c1-41(36(45)15-9-22-39(40)23-10-24-39)34(28-30-16-18-32(19-17-30)31-13-7-4-8-14-31)37(46)42(2)35(27-29-11-5-3-6-12-29)38(47)43-25-20-33(44)21-26-43/h3-9,11-19,33-35,44H,10,20-28,40H2,1-2H3/b15-9+/t34-,35-/m1/s1. The molecule has 8 nitrogen and oxygen atoms in total. The number of rotatable bonds is 12. The Balaban J connectivity index is 1.40. The monoisotopic (exact) mass is 636 g/mol. The molecule has 0 aromatic heterocycles. The summed E-state index contributed by atoms with van der Waals surface area (Å²) < 4.78 is 0. The zero-order valence-electron chi connectivity index (χ0n) is 27.6. The van der Waals surface area contributed by atoms with Crippen LogP contribution < -0.4 is 5.73 Å². The SMILES string of the molecule is CN(C(=O)/C=C/CC1(N)CCC1)[C@H](Cc1ccc(-c2ccccc2)cc1)C(=O)N(C)[C@H](Cc1ccccc1)C(=O)N1CCC(O)CC1. The van der Waals surface area contributed by atoms with Gasteiger partial charge in [-0.05, 0) is 66.9 Å². The van der Waals surface area contributed by atoms with Crippen LogP contribution in [0.1, 0.15) is 49.7 Å². The number of piperidine rings is 1. The van der Waals surface area contributed by atoms with Crippen molar-refractivity contribution in [2.75, 3.05) is 27.2 Å². The molecule has 3 amide bonds. The summed E-state index contributed by atoms with van der Waals surface area (Å²) in [6.07, 6.45) is 8.19. The van der Waals surface area contributed by atoms with E-state index in [2.05, 4.69) is 12.1 Å². The van der Waals surface area contributed by atoms with Crippen LogP contribution in [-0.4, -0.2) is 88.4 Å². The van der Waals surface area contributed by atoms with Crippen molar-refractivity contribution in [1.82, 2.24) is 14.7 Å². The minimum atomic E-state index is -0.843. The number of carbonyl (C=O) groups excluding carboxylic acids is 3. The van der Waals surface area contributed by atoms with Crippen molar-refractivity contribution >= 4 is 17.7 Å². The van der Waals surface area contributed by atoms with Crippen LogP contribution in [0.5, 0.6) is 0 Å². The van der Waals surface area contributed by atoms with Crippen LogP contribution in [0.3, 0.4) is 0 Å². The third-order valence-electron chi connectivity index (χ3n) is 9.87. The second-order valence-electron chi connectivity index (χ2n) is 13.3. The molecule has 2 aliphatic rings. The van der Waals surface area contributed by atoms with Gasteiger partial charge in [0, 0.05) is 45.6 Å². The Bertz CT molecular complexity index is 1510. The third-order valence-corrected chi connectivity index (χ3v) is 9.87. The lowest BCUT2D eigenvalue weighted by Gasteiger charge is -2.38. The maximum Gasteiger partial charge on any atom is 0.246 e. The number of likely N-dealkylation sites (N-methyl/N-ethyl adjacent to an activating group) is 2. The van der Waals surface area contributed by atoms with Crippen molar-refractivity contribution in [2.45, 2.75) is 75.1 Å². The highest BCUT2D eigenvalue weighted by molar-refractivity contribution is 5.95. The van der Waals surface area contributed by atoms with E-state index in [0.717, 1.165) is 41.5 Å². The van der Waals surface area contributed by atoms with Crippen LogP contribution in [0.4, 0.5) is 0 Å². The Labute approximate surface area is 278 Å². The average Bonchev–Trinajstić information content (AvgIpc) is 3.09. The van der Waals surface area contributed by atoms with E-state index in [1.807, 2.05) is 78.9 Å². The summed E-state index contributed by atoms with van der Waals surface area (Å²) in [5.41, 5.74) is 10.1. The number of nitrogens with two attached hydrogens (primary N) is 1. The molecule has 1 aliphatic heterocycles. The van der Waals surface area contributed by atoms with E-state index < -0.39 is 18.2 Å². The smallest absolute Gasteiger partial charge is 0.246 e. The maximum atomic E-state index is 14.5. The van der Waals surface area contributed by atoms with Crippen molar-refractivity contribution in [3.8, 4) is 11.1 Å². The molecule has 0 bridgehead atoms. The Morgan fingerprint density at radius 1 is 0.830 bits per heavy atom. The zero-order valence-corrected chi connectivity index (χ0v) is 27.6. The summed E-state index contributed by atoms with van der Waals surface area (Å²) >= 11 is 0. The molecule has 3 N–H and O–H groups in total. The van der Waals surface area contributed by atoms with E-state index in [9.17, 15) is 19.5 Å². The Morgan fingerprint density at radius 3 is 1.98 bits per heavy atom. The van der Waals surface area contributed by atoms with Gasteiger partial charge in [-0.1, -0.05) is 91.0 Å². The van der Waals surface area contributed by atoms with Gasteiger partial charge in [-0.3, -0.25) is 14.4 Å². The molecule has 47 heavy (non-hydrogen) atoms. The third kappa shape index (κ3) is 8.76. The van der Waals surface area contributed by atoms with Gasteiger partial charge in [0.15, 0.2) is 0 Å². The van der Waals surface area contributed by atoms with Crippen molar-refractivity contribution in [3.63, 3.8) is 0 Å². The number of likely N-dealkylation sites (tertiary alicyclic amines) is 1. The number of amides is 3. The summed E-state index contributed by atoms with van der Waals surface area (Å²) in [5.74, 6) is -0.733. The molecule has 5 rings (SSSR count). The van der Waals surface area contributed by atoms with Gasteiger partial charge in [-0.15, -0.1) is 0 Å². The Kier molecular flexibility index (Phi) is 11.3. The summed E-state index contributed by atoms with van der Waals surface area (Å²) in [6.45, 7) is 0.882. The molecule has 1 saturated carbocycles. The van der Waals surface area contributed by atoms with E-state index in [4.69, 9.17) is 5.73 Å². The number of hydrogen-bond acceptors (Lipinski definition) is 5. The zero-order chi connectivity index (χ0) is 33.4. The molecule has 0 spiro atoms. The average molecular weight is 637 g/mol. The van der Waals surface area contributed by atoms with Gasteiger partial charge >= 0.3 is 0 Å². The molecule has 0 radical (unpaired) electrons. The predicted molar refractivity (Wildman–Crippen MR) is 185 cm³/mol. The van der Waals surface area contributed by atoms with Crippen LogP contribution in [0.2, 0.25) is 0 Å². The van der Waals surface area contributed by atoms with Gasteiger partial charge in [-0.2, -0.15) is 0 Å². The van der Waals surface area contributed by atoms with E-state index in [-0.39, 0.29) is 29.7 Å². The Hall–Kier alpha value is -4.27. The number of hydrogen-bond donors (Lipinski definition) is 2. The summed E-state index contributed by atoms with van der Waals surface area (Å²) in [7, 11) is 3.32. The molecule has 1 aliphatic carbocycles. The molecule has 1 saturated heterocycles. The first-order valence-electron chi connectivity index (χ1n) is 16.8. The number of nitrogens with zero attached hydrogens (tertiary/aromatic N) is 3. The predicted octanol–water partition coefficient (Wildman–Crippen LogP) is 4.60. The topological polar surface area (TPSA) is 107 Å². The summed E-state index contributed by atoms with van der Waals surface area (Å²) in [4.78, 5) is 46.9. The number of aliphatic hydroxyl groups excluding tert-OH is 1. The molecular weight excluding hydrogens is 588 g/mol. The molecular formula is C39H48N4O4. The molecule has 3 aromatic carbocycles. The van der Waals surface area contributed by atoms with Crippen molar-refractivity contribution in [1.29, 1.82) is 0 Å². The number of carbonyl (C=O) groups is 3. The largest absolute Gasteiger partial charge is 0.393 e. The van der Waals surface area contributed by atoms with Crippen molar-refractivity contribution in [2.24, 2.45) is 5.73 Å². The highest BCUT2D eigenvalue weighted by Gasteiger charge is 2.37. The summed E-state index contributed by atoms with van der Waals surface area (Å²) in [5, 5.41) is 10.1. The first-order chi connectivity index (χ1) is 22.6. The minimum Gasteiger partial charge on any atom is -0.393 e. The fraction of sp³-hybridized carbons (Fsp3) is 0.410. The second kappa shape index (κ2) is 15.5. The molecule has 8 heteroatoms. The fourth-order valence-electron chi connectivity index (χ4n) is 6.49. The molecule has 248 valence electrons. The first kappa shape index (κ1) is 34.1. The van der Waals surface area contributed by atoms with Gasteiger partial charge in [0.25, 0.3) is 0 Å². The van der Waals surface area contributed by atoms with E-state index in [0.29, 0.717) is 38.8 Å². The van der Waals surface area contributed by atoms with Gasteiger partial charge in [0.2, 0.25) is 17.7 Å². The van der Waals surface area contributed by atoms with E-state index in [1.165, 1.54) is 15.9 Å². The lowest BCUT2D eigenvalue weighted by atomic mass is 9.75. The number of aliphatic hydroxyl groups is 1. The van der Waals surface area contributed by atoms with Gasteiger partial charge in [0.05, 0.1) is 6.10 Å². The van der Waals surface area contributed by atoms with Crippen molar-refractivity contribution in [3.05, 3.63) is 108 Å². The van der Waals surface area contributed by atoms with Gasteiger partial charge in [-0.25, -0.2) is 0 Å². The quantitative estimate of drug-likeness (QED) is 0.283.